The smallest absolute Gasteiger partial charge is 0.394 e. The maximum absolute atomic E-state index is 12.9. The van der Waals surface area contributed by atoms with Crippen LogP contribution in [0.15, 0.2) is 18.3 Å². The zero-order valence-corrected chi connectivity index (χ0v) is 12.7. The number of alkyl halides is 3. The maximum Gasteiger partial charge on any atom is 0.394 e. The van der Waals surface area contributed by atoms with Crippen molar-refractivity contribution in [2.45, 2.75) is 12.7 Å². The number of halogens is 3. The highest BCUT2D eigenvalue weighted by Gasteiger charge is 2.53. The summed E-state index contributed by atoms with van der Waals surface area (Å²) in [5, 5.41) is 11.4. The molecular weight excluding hydrogens is 331 g/mol. The Morgan fingerprint density at radius 3 is 2.71 bits per heavy atom. The normalized spacial score (nSPS) is 20.8. The molecule has 132 valence electrons. The van der Waals surface area contributed by atoms with Crippen molar-refractivity contribution in [2.75, 3.05) is 20.2 Å². The van der Waals surface area contributed by atoms with Crippen molar-refractivity contribution in [2.24, 2.45) is 11.8 Å². The van der Waals surface area contributed by atoms with E-state index in [2.05, 4.69) is 10.3 Å². The quantitative estimate of drug-likeness (QED) is 0.861. The first-order valence-corrected chi connectivity index (χ1v) is 7.04. The molecule has 2 rings (SSSR count). The molecule has 0 saturated carbocycles. The van der Waals surface area contributed by atoms with Gasteiger partial charge in [-0.15, -0.1) is 0 Å². The molecule has 1 aliphatic heterocycles. The predicted molar refractivity (Wildman–Crippen MR) is 75.3 cm³/mol. The molecule has 0 aliphatic carbocycles. The van der Waals surface area contributed by atoms with E-state index >= 15 is 0 Å². The summed E-state index contributed by atoms with van der Waals surface area (Å²) < 4.78 is 43.8. The van der Waals surface area contributed by atoms with Gasteiger partial charge in [0.15, 0.2) is 0 Å². The SMILES string of the molecule is COc1cccnc1CNC(=O)N1C[C@@H](C(F)(F)F)[C@H](C(=O)O)C1. The molecule has 10 heteroatoms. The van der Waals surface area contributed by atoms with Gasteiger partial charge in [-0.25, -0.2) is 4.79 Å². The summed E-state index contributed by atoms with van der Waals surface area (Å²) in [6, 6.07) is 2.49. The number of urea groups is 1. The van der Waals surface area contributed by atoms with Crippen LogP contribution in [0.25, 0.3) is 0 Å². The van der Waals surface area contributed by atoms with E-state index in [1.165, 1.54) is 13.3 Å². The number of carboxylic acid groups (broad SMARTS) is 1. The summed E-state index contributed by atoms with van der Waals surface area (Å²) in [4.78, 5) is 27.9. The number of carbonyl (C=O) groups is 2. The van der Waals surface area contributed by atoms with E-state index in [1.54, 1.807) is 12.1 Å². The van der Waals surface area contributed by atoms with Gasteiger partial charge >= 0.3 is 18.2 Å². The number of nitrogens with one attached hydrogen (secondary N) is 1. The van der Waals surface area contributed by atoms with Gasteiger partial charge in [0.05, 0.1) is 25.5 Å². The Morgan fingerprint density at radius 1 is 1.46 bits per heavy atom. The molecule has 2 atom stereocenters. The van der Waals surface area contributed by atoms with E-state index in [9.17, 15) is 22.8 Å². The molecule has 0 radical (unpaired) electrons. The predicted octanol–water partition coefficient (Wildman–Crippen LogP) is 1.49. The van der Waals surface area contributed by atoms with Gasteiger partial charge in [-0.2, -0.15) is 13.2 Å². The third-order valence-corrected chi connectivity index (χ3v) is 3.82. The lowest BCUT2D eigenvalue weighted by Crippen LogP contribution is -2.39. The second kappa shape index (κ2) is 6.93. The number of hydrogen-bond donors (Lipinski definition) is 2. The first-order valence-electron chi connectivity index (χ1n) is 7.04. The minimum atomic E-state index is -4.68. The molecule has 0 unspecified atom stereocenters. The number of pyridine rings is 1. The molecule has 1 aromatic heterocycles. The van der Waals surface area contributed by atoms with Crippen LogP contribution in [0.4, 0.5) is 18.0 Å². The first-order chi connectivity index (χ1) is 11.2. The van der Waals surface area contributed by atoms with E-state index in [0.717, 1.165) is 4.90 Å². The fraction of sp³-hybridized carbons (Fsp3) is 0.500. The number of rotatable bonds is 4. The highest BCUT2D eigenvalue weighted by atomic mass is 19.4. The second-order valence-electron chi connectivity index (χ2n) is 5.31. The second-order valence-corrected chi connectivity index (χ2v) is 5.31. The molecular formula is C14H16F3N3O4. The van der Waals surface area contributed by atoms with E-state index in [1.807, 2.05) is 0 Å². The Hall–Kier alpha value is -2.52. The summed E-state index contributed by atoms with van der Waals surface area (Å²) in [6.45, 7) is -1.23. The van der Waals surface area contributed by atoms with Crippen molar-refractivity contribution in [1.29, 1.82) is 0 Å². The van der Waals surface area contributed by atoms with Gasteiger partial charge < -0.3 is 20.1 Å². The largest absolute Gasteiger partial charge is 0.495 e. The molecule has 1 aromatic rings. The number of ether oxygens (including phenoxy) is 1. The lowest BCUT2D eigenvalue weighted by Gasteiger charge is -2.19. The Morgan fingerprint density at radius 2 is 2.17 bits per heavy atom. The third kappa shape index (κ3) is 3.87. The number of amides is 2. The highest BCUT2D eigenvalue weighted by Crippen LogP contribution is 2.37. The van der Waals surface area contributed by atoms with Crippen molar-refractivity contribution < 1.29 is 32.6 Å². The van der Waals surface area contributed by atoms with Crippen LogP contribution in [0.1, 0.15) is 5.69 Å². The number of aromatic nitrogens is 1. The molecule has 1 saturated heterocycles. The van der Waals surface area contributed by atoms with Crippen LogP contribution in [0.3, 0.4) is 0 Å². The van der Waals surface area contributed by atoms with Crippen LogP contribution in [0.2, 0.25) is 0 Å². The standard InChI is InChI=1S/C14H16F3N3O4/c1-24-11-3-2-4-18-10(11)5-19-13(23)20-6-8(12(21)22)9(7-20)14(15,16)17/h2-4,8-9H,5-7H2,1H3,(H,19,23)(H,21,22)/t8-,9-/m1/s1. The van der Waals surface area contributed by atoms with E-state index in [0.29, 0.717) is 11.4 Å². The van der Waals surface area contributed by atoms with Gasteiger partial charge in [-0.1, -0.05) is 0 Å². The minimum Gasteiger partial charge on any atom is -0.495 e. The van der Waals surface area contributed by atoms with Crippen LogP contribution in [0.5, 0.6) is 5.75 Å². The summed E-state index contributed by atoms with van der Waals surface area (Å²) in [5.74, 6) is -4.89. The number of hydrogen-bond acceptors (Lipinski definition) is 4. The van der Waals surface area contributed by atoms with Crippen molar-refractivity contribution in [1.82, 2.24) is 15.2 Å². The van der Waals surface area contributed by atoms with Crippen molar-refractivity contribution in [3.63, 3.8) is 0 Å². The number of likely N-dealkylation sites (tertiary alicyclic amines) is 1. The van der Waals surface area contributed by atoms with Gasteiger partial charge in [0.2, 0.25) is 0 Å². The molecule has 24 heavy (non-hydrogen) atoms. The molecule has 0 aromatic carbocycles. The van der Waals surface area contributed by atoms with Crippen LogP contribution in [0, 0.1) is 11.8 Å². The fourth-order valence-electron chi connectivity index (χ4n) is 2.56. The fourth-order valence-corrected chi connectivity index (χ4v) is 2.56. The maximum atomic E-state index is 12.9. The van der Waals surface area contributed by atoms with Crippen LogP contribution in [-0.2, 0) is 11.3 Å². The minimum absolute atomic E-state index is 0.0478. The number of methoxy groups -OCH3 is 1. The van der Waals surface area contributed by atoms with Gasteiger partial charge in [-0.05, 0) is 12.1 Å². The first kappa shape index (κ1) is 17.8. The van der Waals surface area contributed by atoms with E-state index < -0.39 is 43.1 Å². The Bertz CT molecular complexity index is 624. The molecule has 2 amide bonds. The van der Waals surface area contributed by atoms with Crippen molar-refractivity contribution in [3.05, 3.63) is 24.0 Å². The summed E-state index contributed by atoms with van der Waals surface area (Å²) >= 11 is 0. The zero-order chi connectivity index (χ0) is 17.9. The zero-order valence-electron chi connectivity index (χ0n) is 12.7. The monoisotopic (exact) mass is 347 g/mol. The lowest BCUT2D eigenvalue weighted by atomic mass is 9.96. The summed E-state index contributed by atoms with van der Waals surface area (Å²) in [7, 11) is 1.42. The highest BCUT2D eigenvalue weighted by molar-refractivity contribution is 5.77. The summed E-state index contributed by atoms with van der Waals surface area (Å²) in [6.07, 6.45) is -3.19. The van der Waals surface area contributed by atoms with E-state index in [4.69, 9.17) is 9.84 Å². The Kier molecular flexibility index (Phi) is 5.15. The van der Waals surface area contributed by atoms with Crippen molar-refractivity contribution in [3.8, 4) is 5.75 Å². The number of aliphatic carboxylic acids is 1. The van der Waals surface area contributed by atoms with Crippen LogP contribution < -0.4 is 10.1 Å². The van der Waals surface area contributed by atoms with Gasteiger partial charge in [-0.3, -0.25) is 9.78 Å². The number of carbonyl (C=O) groups excluding carboxylic acids is 1. The van der Waals surface area contributed by atoms with E-state index in [-0.39, 0.29) is 6.54 Å². The molecule has 0 spiro atoms. The Labute approximate surface area is 135 Å². The average Bonchev–Trinajstić information content (AvgIpc) is 2.98. The van der Waals surface area contributed by atoms with Crippen molar-refractivity contribution >= 4 is 12.0 Å². The molecule has 7 nitrogen and oxygen atoms in total. The molecule has 0 bridgehead atoms. The topological polar surface area (TPSA) is 91.8 Å². The van der Waals surface area contributed by atoms with Gasteiger partial charge in [0.1, 0.15) is 11.4 Å². The summed E-state index contributed by atoms with van der Waals surface area (Å²) in [5.41, 5.74) is 0.412. The Balaban J connectivity index is 2.01. The number of nitrogens with zero attached hydrogens (tertiary/aromatic N) is 2. The molecule has 1 aliphatic rings. The lowest BCUT2D eigenvalue weighted by molar-refractivity contribution is -0.187. The van der Waals surface area contributed by atoms with Crippen LogP contribution >= 0.6 is 0 Å². The third-order valence-electron chi connectivity index (χ3n) is 3.82. The molecule has 2 N–H and O–H groups in total. The molecule has 1 fully saturated rings. The van der Waals surface area contributed by atoms with Gasteiger partial charge in [0, 0.05) is 19.3 Å². The average molecular weight is 347 g/mol. The number of carboxylic acids is 1. The van der Waals surface area contributed by atoms with Gasteiger partial charge in [0.25, 0.3) is 0 Å². The molecule has 2 heterocycles. The van der Waals surface area contributed by atoms with Crippen LogP contribution in [-0.4, -0.2) is 53.4 Å².